The third-order valence-corrected chi connectivity index (χ3v) is 4.38. The van der Waals surface area contributed by atoms with Crippen molar-refractivity contribution in [1.29, 1.82) is 0 Å². The van der Waals surface area contributed by atoms with Crippen LogP contribution < -0.4 is 16.2 Å². The maximum Gasteiger partial charge on any atom is 0.238 e. The zero-order valence-corrected chi connectivity index (χ0v) is 12.5. The van der Waals surface area contributed by atoms with Crippen LogP contribution in [0.4, 0.5) is 17.1 Å². The third kappa shape index (κ3) is 3.44. The molecule has 0 saturated heterocycles. The molecule has 0 unspecified atom stereocenters. The number of nitrogens with two attached hydrogens (primary N) is 2. The van der Waals surface area contributed by atoms with Crippen molar-refractivity contribution >= 4 is 38.8 Å². The van der Waals surface area contributed by atoms with Gasteiger partial charge in [0.05, 0.1) is 16.3 Å². The highest BCUT2D eigenvalue weighted by molar-refractivity contribution is 7.98. The quantitative estimate of drug-likeness (QED) is 0.595. The summed E-state index contributed by atoms with van der Waals surface area (Å²) in [5.74, 6) is 0. The number of benzene rings is 2. The Kier molecular flexibility index (Phi) is 4.22. The Labute approximate surface area is 122 Å². The summed E-state index contributed by atoms with van der Waals surface area (Å²) in [6.07, 6.45) is 2.00. The summed E-state index contributed by atoms with van der Waals surface area (Å²) in [5, 5.41) is 8.19. The minimum atomic E-state index is -3.74. The number of thioether (sulfide) groups is 1. The molecule has 0 aliphatic heterocycles. The Morgan fingerprint density at radius 3 is 2.30 bits per heavy atom. The number of sulfonamides is 1. The average molecular weight is 309 g/mol. The van der Waals surface area contributed by atoms with Gasteiger partial charge in [0, 0.05) is 10.6 Å². The van der Waals surface area contributed by atoms with Gasteiger partial charge >= 0.3 is 0 Å². The zero-order chi connectivity index (χ0) is 14.8. The summed E-state index contributed by atoms with van der Waals surface area (Å²) < 4.78 is 22.7. The number of nitrogen functional groups attached to an aromatic ring is 1. The van der Waals surface area contributed by atoms with Crippen molar-refractivity contribution in [2.75, 3.05) is 17.3 Å². The van der Waals surface area contributed by atoms with E-state index in [-0.39, 0.29) is 4.90 Å². The number of rotatable bonds is 4. The molecule has 2 aromatic carbocycles. The monoisotopic (exact) mass is 309 g/mol. The van der Waals surface area contributed by atoms with Gasteiger partial charge in [-0.1, -0.05) is 0 Å². The number of hydrogen-bond donors (Lipinski definition) is 3. The molecule has 0 amide bonds. The fourth-order valence-corrected chi connectivity index (χ4v) is 2.60. The molecule has 0 aliphatic carbocycles. The van der Waals surface area contributed by atoms with Crippen molar-refractivity contribution in [1.82, 2.24) is 0 Å². The van der Waals surface area contributed by atoms with Crippen LogP contribution in [-0.4, -0.2) is 14.7 Å². The van der Waals surface area contributed by atoms with Gasteiger partial charge in [0.2, 0.25) is 10.0 Å². The second-order valence-electron chi connectivity index (χ2n) is 4.15. The van der Waals surface area contributed by atoms with Crippen LogP contribution in [0.15, 0.2) is 52.3 Å². The Morgan fingerprint density at radius 1 is 1.10 bits per heavy atom. The molecule has 2 rings (SSSR count). The maximum atomic E-state index is 11.3. The molecule has 5 N–H and O–H groups in total. The summed E-state index contributed by atoms with van der Waals surface area (Å²) in [6.45, 7) is 0. The van der Waals surface area contributed by atoms with Gasteiger partial charge in [-0.2, -0.15) is 0 Å². The van der Waals surface area contributed by atoms with Gasteiger partial charge in [-0.25, -0.2) is 13.6 Å². The molecule has 0 aliphatic rings. The van der Waals surface area contributed by atoms with Gasteiger partial charge in [0.15, 0.2) is 0 Å². The number of nitrogens with one attached hydrogen (secondary N) is 1. The second kappa shape index (κ2) is 5.74. The molecule has 0 heterocycles. The van der Waals surface area contributed by atoms with Crippen molar-refractivity contribution in [3.05, 3.63) is 42.5 Å². The van der Waals surface area contributed by atoms with E-state index in [1.807, 2.05) is 30.5 Å². The van der Waals surface area contributed by atoms with Crippen LogP contribution in [0.25, 0.3) is 0 Å². The smallest absolute Gasteiger partial charge is 0.238 e. The molecule has 5 nitrogen and oxygen atoms in total. The molecule has 7 heteroatoms. The summed E-state index contributed by atoms with van der Waals surface area (Å²) in [5.41, 5.74) is 7.61. The average Bonchev–Trinajstić information content (AvgIpc) is 2.41. The van der Waals surface area contributed by atoms with Crippen LogP contribution in [0, 0.1) is 0 Å². The first-order valence-electron chi connectivity index (χ1n) is 5.73. The number of hydrogen-bond acceptors (Lipinski definition) is 5. The molecule has 0 radical (unpaired) electrons. The van der Waals surface area contributed by atoms with E-state index < -0.39 is 10.0 Å². The van der Waals surface area contributed by atoms with Crippen LogP contribution in [0.3, 0.4) is 0 Å². The van der Waals surface area contributed by atoms with Gasteiger partial charge in [0.1, 0.15) is 0 Å². The number of primary sulfonamides is 1. The molecular weight excluding hydrogens is 294 g/mol. The molecule has 2 aromatic rings. The zero-order valence-electron chi connectivity index (χ0n) is 10.8. The Bertz CT molecular complexity index is 713. The minimum Gasteiger partial charge on any atom is -0.397 e. The predicted molar refractivity (Wildman–Crippen MR) is 83.7 cm³/mol. The van der Waals surface area contributed by atoms with Crippen LogP contribution in [0.2, 0.25) is 0 Å². The summed E-state index contributed by atoms with van der Waals surface area (Å²) in [7, 11) is -3.74. The molecule has 0 spiro atoms. The lowest BCUT2D eigenvalue weighted by Crippen LogP contribution is -2.12. The van der Waals surface area contributed by atoms with E-state index in [0.29, 0.717) is 11.4 Å². The van der Waals surface area contributed by atoms with Crippen LogP contribution in [0.1, 0.15) is 0 Å². The van der Waals surface area contributed by atoms with E-state index in [2.05, 4.69) is 5.32 Å². The first kappa shape index (κ1) is 14.7. The van der Waals surface area contributed by atoms with E-state index >= 15 is 0 Å². The first-order chi connectivity index (χ1) is 9.40. The molecule has 20 heavy (non-hydrogen) atoms. The Morgan fingerprint density at radius 2 is 1.75 bits per heavy atom. The molecule has 0 fully saturated rings. The summed E-state index contributed by atoms with van der Waals surface area (Å²) in [6, 6.07) is 12.0. The normalized spacial score (nSPS) is 11.3. The van der Waals surface area contributed by atoms with Crippen LogP contribution in [-0.2, 0) is 10.0 Å². The van der Waals surface area contributed by atoms with E-state index in [0.717, 1.165) is 10.6 Å². The minimum absolute atomic E-state index is 0.0231. The van der Waals surface area contributed by atoms with Crippen molar-refractivity contribution in [2.45, 2.75) is 9.79 Å². The largest absolute Gasteiger partial charge is 0.397 e. The fourth-order valence-electron chi connectivity index (χ4n) is 1.65. The molecule has 106 valence electrons. The predicted octanol–water partition coefficient (Wildman–Crippen LogP) is 2.38. The molecular formula is C13H15N3O2S2. The topological polar surface area (TPSA) is 98.2 Å². The lowest BCUT2D eigenvalue weighted by Gasteiger charge is -2.11. The van der Waals surface area contributed by atoms with E-state index in [4.69, 9.17) is 10.9 Å². The summed E-state index contributed by atoms with van der Waals surface area (Å²) in [4.78, 5) is 1.16. The summed E-state index contributed by atoms with van der Waals surface area (Å²) >= 11 is 1.64. The molecule has 0 bridgehead atoms. The second-order valence-corrected chi connectivity index (χ2v) is 6.59. The first-order valence-corrected chi connectivity index (χ1v) is 8.50. The van der Waals surface area contributed by atoms with E-state index in [1.54, 1.807) is 11.8 Å². The van der Waals surface area contributed by atoms with E-state index in [1.165, 1.54) is 18.2 Å². The Hall–Kier alpha value is -1.70. The van der Waals surface area contributed by atoms with Crippen molar-refractivity contribution in [3.8, 4) is 0 Å². The van der Waals surface area contributed by atoms with Crippen LogP contribution in [0.5, 0.6) is 0 Å². The molecule has 0 aromatic heterocycles. The lowest BCUT2D eigenvalue weighted by atomic mass is 10.2. The fraction of sp³-hybridized carbons (Fsp3) is 0.0769. The highest BCUT2D eigenvalue weighted by atomic mass is 32.2. The SMILES string of the molecule is CSc1ccc(Nc2cc(S(N)(=O)=O)ccc2N)cc1. The Balaban J connectivity index is 2.32. The van der Waals surface area contributed by atoms with Crippen molar-refractivity contribution < 1.29 is 8.42 Å². The van der Waals surface area contributed by atoms with Gasteiger partial charge in [-0.3, -0.25) is 0 Å². The van der Waals surface area contributed by atoms with Gasteiger partial charge < -0.3 is 11.1 Å². The molecule has 0 atom stereocenters. The molecule has 0 saturated carbocycles. The van der Waals surface area contributed by atoms with Gasteiger partial charge in [-0.15, -0.1) is 11.8 Å². The maximum absolute atomic E-state index is 11.3. The van der Waals surface area contributed by atoms with E-state index in [9.17, 15) is 8.42 Å². The number of anilines is 3. The lowest BCUT2D eigenvalue weighted by molar-refractivity contribution is 0.598. The van der Waals surface area contributed by atoms with Crippen LogP contribution >= 0.6 is 11.8 Å². The van der Waals surface area contributed by atoms with Crippen molar-refractivity contribution in [3.63, 3.8) is 0 Å². The highest BCUT2D eigenvalue weighted by Crippen LogP contribution is 2.27. The van der Waals surface area contributed by atoms with Crippen molar-refractivity contribution in [2.24, 2.45) is 5.14 Å². The third-order valence-electron chi connectivity index (χ3n) is 2.72. The van der Waals surface area contributed by atoms with Gasteiger partial charge in [-0.05, 0) is 48.7 Å². The highest BCUT2D eigenvalue weighted by Gasteiger charge is 2.10. The van der Waals surface area contributed by atoms with Gasteiger partial charge in [0.25, 0.3) is 0 Å². The standard InChI is InChI=1S/C13H15N3O2S2/c1-19-10-4-2-9(3-5-10)16-13-8-11(20(15,17)18)6-7-12(13)14/h2-8,16H,14H2,1H3,(H2,15,17,18).